The molecule has 2 aliphatic heterocycles. The molecule has 246 valence electrons. The van der Waals surface area contributed by atoms with Gasteiger partial charge in [-0.25, -0.2) is 15.0 Å². The van der Waals surface area contributed by atoms with Crippen LogP contribution in [0.5, 0.6) is 23.0 Å². The Morgan fingerprint density at radius 3 is 1.52 bits per heavy atom. The van der Waals surface area contributed by atoms with Crippen molar-refractivity contribution in [2.45, 2.75) is 32.1 Å². The summed E-state index contributed by atoms with van der Waals surface area (Å²) in [7, 11) is 0. The number of alkyl halides is 1. The van der Waals surface area contributed by atoms with Crippen LogP contribution in [0.2, 0.25) is 0 Å². The molecule has 0 unspecified atom stereocenters. The van der Waals surface area contributed by atoms with Crippen molar-refractivity contribution in [3.63, 3.8) is 0 Å². The zero-order valence-electron chi connectivity index (χ0n) is 24.9. The van der Waals surface area contributed by atoms with E-state index in [-0.39, 0.29) is 80.4 Å². The predicted molar refractivity (Wildman–Crippen MR) is 160 cm³/mol. The summed E-state index contributed by atoms with van der Waals surface area (Å²) < 4.78 is 38.1. The number of benzene rings is 2. The van der Waals surface area contributed by atoms with E-state index in [1.165, 1.54) is 22.3 Å². The number of carbonyl (C=O) groups is 3. The smallest absolute Gasteiger partial charge is 0.276 e. The van der Waals surface area contributed by atoms with Crippen LogP contribution in [-0.2, 0) is 32.1 Å². The second-order valence-corrected chi connectivity index (χ2v) is 10.8. The third kappa shape index (κ3) is 6.46. The maximum Gasteiger partial charge on any atom is 0.276 e. The van der Waals surface area contributed by atoms with Crippen LogP contribution in [0.3, 0.4) is 0 Å². The monoisotopic (exact) mass is 676 g/mol. The van der Waals surface area contributed by atoms with Crippen LogP contribution in [0.4, 0.5) is 0 Å². The summed E-state index contributed by atoms with van der Waals surface area (Å²) >= 11 is 5.83. The second-order valence-electron chi connectivity index (χ2n) is 10.6. The van der Waals surface area contributed by atoms with E-state index in [1.807, 2.05) is 0 Å². The first-order valence-corrected chi connectivity index (χ1v) is 14.9. The van der Waals surface area contributed by atoms with E-state index in [4.69, 9.17) is 49.5 Å². The Labute approximate surface area is 275 Å². The highest BCUT2D eigenvalue weighted by Gasteiger charge is 2.27. The molecule has 0 saturated carbocycles. The van der Waals surface area contributed by atoms with Crippen LogP contribution in [0.15, 0.2) is 68.4 Å². The molecular weight excluding hydrogens is 652 g/mol. The fourth-order valence-corrected chi connectivity index (χ4v) is 5.14. The maximum atomic E-state index is 13.9. The average molecular weight is 677 g/mol. The van der Waals surface area contributed by atoms with Crippen LogP contribution >= 0.6 is 11.6 Å². The zero-order valence-corrected chi connectivity index (χ0v) is 25.7. The lowest BCUT2D eigenvalue weighted by atomic mass is 10.2. The van der Waals surface area contributed by atoms with E-state index < -0.39 is 17.7 Å². The van der Waals surface area contributed by atoms with E-state index in [0.717, 1.165) is 11.8 Å². The van der Waals surface area contributed by atoms with Crippen molar-refractivity contribution in [2.75, 3.05) is 13.6 Å². The van der Waals surface area contributed by atoms with Crippen LogP contribution in [-0.4, -0.2) is 56.1 Å². The van der Waals surface area contributed by atoms with Crippen LogP contribution in [0.25, 0.3) is 0 Å². The molecule has 17 heteroatoms. The molecule has 0 radical (unpaired) electrons. The average Bonchev–Trinajstić information content (AvgIpc) is 3.93. The van der Waals surface area contributed by atoms with Gasteiger partial charge >= 0.3 is 0 Å². The van der Waals surface area contributed by atoms with Gasteiger partial charge in [0.15, 0.2) is 40.1 Å². The largest absolute Gasteiger partial charge is 0.454 e. The van der Waals surface area contributed by atoms with Gasteiger partial charge in [0.2, 0.25) is 31.3 Å². The Morgan fingerprint density at radius 2 is 1.06 bits per heavy atom. The summed E-state index contributed by atoms with van der Waals surface area (Å²) in [6.45, 7) is 0.110. The standard InChI is InChI=1S/C31H25ClN6O10/c32-7-26-35-20(13-42-26)30(40)38(9-18-2-4-23-25(6-18)48-16-46-23)11-28-36-21(14-44-28)31(41)37(10-27-34-19(12-43-27)29(33)39)8-17-1-3-22-24(5-17)47-15-45-22/h1-6,12-14H,7-11,15-16H2,(H2,33,39). The van der Waals surface area contributed by atoms with E-state index in [2.05, 4.69) is 15.0 Å². The van der Waals surface area contributed by atoms with Crippen molar-refractivity contribution < 1.29 is 46.6 Å². The first-order valence-electron chi connectivity index (χ1n) is 14.4. The van der Waals surface area contributed by atoms with Gasteiger partial charge in [-0.1, -0.05) is 12.1 Å². The summed E-state index contributed by atoms with van der Waals surface area (Å²) in [5.41, 5.74) is 6.66. The Hall–Kier alpha value is -6.03. The van der Waals surface area contributed by atoms with Gasteiger partial charge in [0, 0.05) is 13.1 Å². The summed E-state index contributed by atoms with van der Waals surface area (Å²) in [6, 6.07) is 10.6. The highest BCUT2D eigenvalue weighted by molar-refractivity contribution is 6.16. The van der Waals surface area contributed by atoms with Gasteiger partial charge in [0.25, 0.3) is 17.7 Å². The summed E-state index contributed by atoms with van der Waals surface area (Å²) in [4.78, 5) is 54.5. The Bertz CT molecular complexity index is 2000. The topological polar surface area (TPSA) is 199 Å². The van der Waals surface area contributed by atoms with Crippen molar-refractivity contribution in [1.29, 1.82) is 0 Å². The highest BCUT2D eigenvalue weighted by Crippen LogP contribution is 2.34. The maximum absolute atomic E-state index is 13.9. The van der Waals surface area contributed by atoms with Crippen molar-refractivity contribution >= 4 is 29.3 Å². The van der Waals surface area contributed by atoms with E-state index >= 15 is 0 Å². The van der Waals surface area contributed by atoms with Gasteiger partial charge < -0.3 is 47.7 Å². The zero-order chi connectivity index (χ0) is 33.2. The number of nitrogens with zero attached hydrogens (tertiary/aromatic N) is 5. The summed E-state index contributed by atoms with van der Waals surface area (Å²) in [5, 5.41) is 0. The Kier molecular flexibility index (Phi) is 8.29. The van der Waals surface area contributed by atoms with Gasteiger partial charge in [0.05, 0.1) is 19.0 Å². The number of amides is 3. The molecule has 5 aromatic rings. The molecule has 0 spiro atoms. The molecule has 0 fully saturated rings. The molecule has 0 bridgehead atoms. The lowest BCUT2D eigenvalue weighted by molar-refractivity contribution is 0.0706. The minimum Gasteiger partial charge on any atom is -0.454 e. The summed E-state index contributed by atoms with van der Waals surface area (Å²) in [5.74, 6) is 0.774. The normalized spacial score (nSPS) is 12.7. The van der Waals surface area contributed by atoms with Gasteiger partial charge in [0.1, 0.15) is 18.8 Å². The molecule has 5 heterocycles. The van der Waals surface area contributed by atoms with Crippen molar-refractivity contribution in [1.82, 2.24) is 24.8 Å². The van der Waals surface area contributed by atoms with E-state index in [0.29, 0.717) is 28.6 Å². The van der Waals surface area contributed by atoms with Crippen molar-refractivity contribution in [3.05, 3.63) is 101 Å². The number of carbonyl (C=O) groups excluding carboxylic acids is 3. The molecule has 3 amide bonds. The molecule has 0 atom stereocenters. The molecule has 3 aromatic heterocycles. The van der Waals surface area contributed by atoms with Crippen molar-refractivity contribution in [2.24, 2.45) is 5.73 Å². The fourth-order valence-electron chi connectivity index (χ4n) is 5.02. The third-order valence-corrected chi connectivity index (χ3v) is 7.54. The lowest BCUT2D eigenvalue weighted by Gasteiger charge is -2.21. The van der Waals surface area contributed by atoms with Crippen LogP contribution < -0.4 is 24.7 Å². The van der Waals surface area contributed by atoms with Gasteiger partial charge in [-0.05, 0) is 35.4 Å². The highest BCUT2D eigenvalue weighted by atomic mass is 35.5. The number of hydrogen-bond acceptors (Lipinski definition) is 13. The summed E-state index contributed by atoms with van der Waals surface area (Å²) in [6.07, 6.45) is 3.53. The molecule has 0 aliphatic carbocycles. The number of oxazole rings is 3. The Morgan fingerprint density at radius 1 is 0.625 bits per heavy atom. The minimum atomic E-state index is -0.774. The SMILES string of the molecule is NC(=O)c1coc(CN(Cc2ccc3c(c2)OCO3)C(=O)c2coc(CN(Cc3ccc4c(c3)OCO4)C(=O)c3coc(CCl)n3)n2)n1. The molecule has 16 nitrogen and oxygen atoms in total. The number of aromatic nitrogens is 3. The molecular formula is C31H25ClN6O10. The number of fused-ring (bicyclic) bond motifs is 2. The van der Waals surface area contributed by atoms with E-state index in [1.54, 1.807) is 36.4 Å². The van der Waals surface area contributed by atoms with Gasteiger partial charge in [-0.15, -0.1) is 11.6 Å². The number of hydrogen-bond donors (Lipinski definition) is 1. The number of halogens is 1. The van der Waals surface area contributed by atoms with Crippen LogP contribution in [0, 0.1) is 0 Å². The number of rotatable bonds is 12. The number of nitrogens with two attached hydrogens (primary N) is 1. The first-order chi connectivity index (χ1) is 23.3. The second kappa shape index (κ2) is 13.0. The van der Waals surface area contributed by atoms with Gasteiger partial charge in [-0.3, -0.25) is 14.4 Å². The molecule has 48 heavy (non-hydrogen) atoms. The lowest BCUT2D eigenvalue weighted by Crippen LogP contribution is -2.31. The molecule has 2 aliphatic rings. The molecule has 2 aromatic carbocycles. The quantitative estimate of drug-likeness (QED) is 0.188. The number of ether oxygens (including phenoxy) is 4. The van der Waals surface area contributed by atoms with Gasteiger partial charge in [-0.2, -0.15) is 0 Å². The Balaban J connectivity index is 1.13. The molecule has 0 saturated heterocycles. The number of primary amides is 1. The van der Waals surface area contributed by atoms with E-state index in [9.17, 15) is 14.4 Å². The molecule has 7 rings (SSSR count). The van der Waals surface area contributed by atoms with Crippen LogP contribution in [0.1, 0.15) is 60.3 Å². The first kappa shape index (κ1) is 30.6. The third-order valence-electron chi connectivity index (χ3n) is 7.31. The molecule has 2 N–H and O–H groups in total. The fraction of sp³-hybridized carbons (Fsp3) is 0.226. The predicted octanol–water partition coefficient (Wildman–Crippen LogP) is 3.63. The van der Waals surface area contributed by atoms with Crippen molar-refractivity contribution in [3.8, 4) is 23.0 Å². The minimum absolute atomic E-state index is 0.0131.